The van der Waals surface area contributed by atoms with Gasteiger partial charge in [0, 0.05) is 26.4 Å². The van der Waals surface area contributed by atoms with Crippen molar-refractivity contribution >= 4 is 39.2 Å². The highest BCUT2D eigenvalue weighted by molar-refractivity contribution is 7.23. The number of likely N-dealkylation sites (N-methyl/N-ethyl adjacent to an activating group) is 1. The van der Waals surface area contributed by atoms with Gasteiger partial charge in [-0.25, -0.2) is 4.39 Å². The summed E-state index contributed by atoms with van der Waals surface area (Å²) in [6.07, 6.45) is -5.62. The van der Waals surface area contributed by atoms with Crippen molar-refractivity contribution in [3.63, 3.8) is 0 Å². The number of ether oxygens (including phenoxy) is 1. The van der Waals surface area contributed by atoms with E-state index in [1.165, 1.54) is 20.4 Å². The maximum atomic E-state index is 14.4. The summed E-state index contributed by atoms with van der Waals surface area (Å²) in [7, 11) is 4.55. The lowest BCUT2D eigenvalue weighted by Crippen LogP contribution is -2.29. The SMILES string of the molecule is CN=C/C(C(=O)NCc1nc(-c2sc3c(NC4CN(C)CC4F)cccc3c2CC(F)(F)F)no1)=C(\N)OC. The lowest BCUT2D eigenvalue weighted by Gasteiger charge is -2.16. The van der Waals surface area contributed by atoms with Gasteiger partial charge < -0.3 is 30.5 Å². The van der Waals surface area contributed by atoms with E-state index in [0.717, 1.165) is 11.3 Å². The Balaban J connectivity index is 1.64. The molecule has 0 spiro atoms. The topological polar surface area (TPSA) is 131 Å². The fraction of sp³-hybridized carbons (Fsp3) is 0.417. The number of amides is 1. The summed E-state index contributed by atoms with van der Waals surface area (Å²) in [5.41, 5.74) is 6.16. The molecule has 1 fully saturated rings. The Morgan fingerprint density at radius 2 is 2.15 bits per heavy atom. The number of carbonyl (C=O) groups excluding carboxylic acids is 1. The molecular formula is C24H27F4N7O3S. The summed E-state index contributed by atoms with van der Waals surface area (Å²) in [4.78, 5) is 22.4. The Kier molecular flexibility index (Phi) is 8.39. The number of halogens is 4. The highest BCUT2D eigenvalue weighted by Crippen LogP contribution is 2.43. The van der Waals surface area contributed by atoms with Gasteiger partial charge in [-0.3, -0.25) is 9.79 Å². The highest BCUT2D eigenvalue weighted by atomic mass is 32.1. The molecule has 2 aromatic heterocycles. The number of alkyl halides is 4. The zero-order chi connectivity index (χ0) is 28.3. The van der Waals surface area contributed by atoms with Crippen molar-refractivity contribution in [2.75, 3.05) is 39.6 Å². The van der Waals surface area contributed by atoms with E-state index in [2.05, 4.69) is 25.8 Å². The first-order valence-corrected chi connectivity index (χ1v) is 12.6. The van der Waals surface area contributed by atoms with Crippen LogP contribution in [0.3, 0.4) is 0 Å². The number of carbonyl (C=O) groups is 1. The number of aromatic nitrogens is 2. The highest BCUT2D eigenvalue weighted by Gasteiger charge is 2.34. The van der Waals surface area contributed by atoms with Gasteiger partial charge in [0.1, 0.15) is 11.7 Å². The van der Waals surface area contributed by atoms with Gasteiger partial charge >= 0.3 is 6.18 Å². The van der Waals surface area contributed by atoms with Crippen molar-refractivity contribution in [1.29, 1.82) is 0 Å². The molecule has 3 aromatic rings. The molecule has 0 aliphatic carbocycles. The van der Waals surface area contributed by atoms with Crippen LogP contribution < -0.4 is 16.4 Å². The summed E-state index contributed by atoms with van der Waals surface area (Å²) in [5, 5.41) is 9.92. The van der Waals surface area contributed by atoms with Crippen molar-refractivity contribution in [3.8, 4) is 10.7 Å². The molecule has 4 N–H and O–H groups in total. The number of methoxy groups -OCH3 is 1. The number of nitrogens with two attached hydrogens (primary N) is 1. The number of anilines is 1. The Bertz CT molecular complexity index is 1400. The molecule has 39 heavy (non-hydrogen) atoms. The van der Waals surface area contributed by atoms with Crippen LogP contribution >= 0.6 is 11.3 Å². The quantitative estimate of drug-likeness (QED) is 0.155. The minimum Gasteiger partial charge on any atom is -0.482 e. The van der Waals surface area contributed by atoms with Gasteiger partial charge in [0.15, 0.2) is 5.88 Å². The summed E-state index contributed by atoms with van der Waals surface area (Å²) >= 11 is 1.06. The van der Waals surface area contributed by atoms with Crippen LogP contribution in [0.2, 0.25) is 0 Å². The lowest BCUT2D eigenvalue weighted by molar-refractivity contribution is -0.126. The molecule has 4 rings (SSSR count). The number of hydrogen-bond donors (Lipinski definition) is 3. The lowest BCUT2D eigenvalue weighted by atomic mass is 10.1. The van der Waals surface area contributed by atoms with Crippen LogP contribution in [0.15, 0.2) is 39.2 Å². The van der Waals surface area contributed by atoms with Gasteiger partial charge in [0.2, 0.25) is 11.7 Å². The van der Waals surface area contributed by atoms with Crippen molar-refractivity contribution in [1.82, 2.24) is 20.4 Å². The largest absolute Gasteiger partial charge is 0.482 e. The first-order valence-electron chi connectivity index (χ1n) is 11.8. The third-order valence-corrected chi connectivity index (χ3v) is 7.30. The molecule has 1 amide bonds. The van der Waals surface area contributed by atoms with Gasteiger partial charge in [0.25, 0.3) is 5.91 Å². The number of aliphatic imine (C=N–C) groups is 1. The van der Waals surface area contributed by atoms with E-state index in [1.54, 1.807) is 25.2 Å². The smallest absolute Gasteiger partial charge is 0.393 e. The van der Waals surface area contributed by atoms with E-state index in [-0.39, 0.29) is 46.7 Å². The van der Waals surface area contributed by atoms with Crippen LogP contribution in [-0.2, 0) is 22.5 Å². The molecule has 1 aliphatic rings. The van der Waals surface area contributed by atoms with Crippen molar-refractivity contribution in [2.24, 2.45) is 10.7 Å². The van der Waals surface area contributed by atoms with Crippen LogP contribution in [0, 0.1) is 0 Å². The number of hydrogen-bond acceptors (Lipinski definition) is 10. The van der Waals surface area contributed by atoms with Crippen molar-refractivity contribution < 1.29 is 31.6 Å². The first kappa shape index (κ1) is 28.3. The summed E-state index contributed by atoms with van der Waals surface area (Å²) < 4.78 is 65.9. The molecule has 0 saturated carbocycles. The molecule has 1 aromatic carbocycles. The summed E-state index contributed by atoms with van der Waals surface area (Å²) in [6.45, 7) is 0.511. The Morgan fingerprint density at radius 3 is 2.79 bits per heavy atom. The minimum absolute atomic E-state index is 0.0138. The number of rotatable bonds is 9. The van der Waals surface area contributed by atoms with Crippen LogP contribution in [0.4, 0.5) is 23.2 Å². The van der Waals surface area contributed by atoms with Crippen LogP contribution in [0.25, 0.3) is 20.8 Å². The molecule has 210 valence electrons. The minimum atomic E-state index is -4.50. The van der Waals surface area contributed by atoms with Crippen molar-refractivity contribution in [2.45, 2.75) is 31.4 Å². The predicted octanol–water partition coefficient (Wildman–Crippen LogP) is 3.25. The summed E-state index contributed by atoms with van der Waals surface area (Å²) in [5.74, 6) is -0.875. The molecule has 2 atom stereocenters. The molecule has 1 aliphatic heterocycles. The van der Waals surface area contributed by atoms with Crippen LogP contribution in [0.1, 0.15) is 11.5 Å². The van der Waals surface area contributed by atoms with Gasteiger partial charge in [-0.15, -0.1) is 11.3 Å². The number of nitrogens with zero attached hydrogens (tertiary/aromatic N) is 4. The maximum absolute atomic E-state index is 14.4. The Morgan fingerprint density at radius 1 is 1.38 bits per heavy atom. The van der Waals surface area contributed by atoms with Gasteiger partial charge in [-0.2, -0.15) is 18.2 Å². The van der Waals surface area contributed by atoms with Gasteiger partial charge in [0.05, 0.1) is 41.4 Å². The fourth-order valence-electron chi connectivity index (χ4n) is 4.27. The van der Waals surface area contributed by atoms with Gasteiger partial charge in [-0.05, 0) is 24.1 Å². The zero-order valence-corrected chi connectivity index (χ0v) is 22.1. The average molecular weight is 570 g/mol. The third kappa shape index (κ3) is 6.47. The molecule has 10 nitrogen and oxygen atoms in total. The van der Waals surface area contributed by atoms with E-state index < -0.39 is 30.7 Å². The van der Waals surface area contributed by atoms with Crippen molar-refractivity contribution in [3.05, 3.63) is 41.1 Å². The molecule has 0 bridgehead atoms. The molecule has 3 heterocycles. The normalized spacial score (nSPS) is 19.1. The van der Waals surface area contributed by atoms with Crippen LogP contribution in [-0.4, -0.2) is 79.8 Å². The number of nitrogens with one attached hydrogen (secondary N) is 2. The summed E-state index contributed by atoms with van der Waals surface area (Å²) in [6, 6.07) is 4.42. The first-order chi connectivity index (χ1) is 18.5. The predicted molar refractivity (Wildman–Crippen MR) is 139 cm³/mol. The number of fused-ring (bicyclic) bond motifs is 1. The second-order valence-corrected chi connectivity index (χ2v) is 9.96. The fourth-order valence-corrected chi connectivity index (χ4v) is 5.49. The van der Waals surface area contributed by atoms with E-state index in [0.29, 0.717) is 22.3 Å². The Hall–Kier alpha value is -3.72. The number of likely N-dealkylation sites (tertiary alicyclic amines) is 1. The van der Waals surface area contributed by atoms with E-state index in [1.807, 2.05) is 4.90 Å². The van der Waals surface area contributed by atoms with E-state index in [9.17, 15) is 22.4 Å². The van der Waals surface area contributed by atoms with Crippen LogP contribution in [0.5, 0.6) is 0 Å². The van der Waals surface area contributed by atoms with Gasteiger partial charge in [-0.1, -0.05) is 17.3 Å². The zero-order valence-electron chi connectivity index (χ0n) is 21.3. The van der Waals surface area contributed by atoms with E-state index >= 15 is 0 Å². The molecule has 1 saturated heterocycles. The number of thiophene rings is 1. The average Bonchev–Trinajstić information content (AvgIpc) is 3.57. The number of benzene rings is 1. The monoisotopic (exact) mass is 569 g/mol. The second kappa shape index (κ2) is 11.6. The standard InChI is InChI=1S/C24H27F4N7O3S/c1-30-8-14(21(29)37-3)23(36)31-9-18-33-22(34-38-18)20-13(7-24(26,27)28)12-5-4-6-16(19(12)39-20)32-17-11-35(2)10-15(17)25/h4-6,8,15,17,32H,7,9-11,29H2,1-3H3,(H,31,36)/b21-14-,30-8?. The molecular weight excluding hydrogens is 542 g/mol. The third-order valence-electron chi connectivity index (χ3n) is 6.03. The molecule has 15 heteroatoms. The molecule has 0 radical (unpaired) electrons. The molecule has 2 unspecified atom stereocenters. The second-order valence-electron chi connectivity index (χ2n) is 8.94. The Labute approximate surface area is 224 Å². The van der Waals surface area contributed by atoms with E-state index in [4.69, 9.17) is 15.0 Å². The maximum Gasteiger partial charge on any atom is 0.393 e.